The minimum atomic E-state index is -0.663. The van der Waals surface area contributed by atoms with Crippen LogP contribution in [0, 0.1) is 17.3 Å². The number of primary amides is 1. The molecule has 3 unspecified atom stereocenters. The molecule has 1 aliphatic carbocycles. The van der Waals surface area contributed by atoms with Gasteiger partial charge in [-0.3, -0.25) is 19.3 Å². The molecule has 100 valence electrons. The van der Waals surface area contributed by atoms with Gasteiger partial charge in [-0.1, -0.05) is 20.8 Å². The number of hydrogen-bond acceptors (Lipinski definition) is 4. The van der Waals surface area contributed by atoms with Gasteiger partial charge in [-0.25, -0.2) is 0 Å². The smallest absolute Gasteiger partial charge is 0.236 e. The number of carbonyl (C=O) groups is 3. The van der Waals surface area contributed by atoms with Crippen LogP contribution in [0.3, 0.4) is 0 Å². The predicted octanol–water partition coefficient (Wildman–Crippen LogP) is -0.909. The number of likely N-dealkylation sites (tertiary alicyclic amines) is 1. The van der Waals surface area contributed by atoms with E-state index in [1.54, 1.807) is 0 Å². The quantitative estimate of drug-likeness (QED) is 0.620. The van der Waals surface area contributed by atoms with Crippen LogP contribution in [0.15, 0.2) is 0 Å². The Kier molecular flexibility index (Phi) is 2.93. The van der Waals surface area contributed by atoms with E-state index in [-0.39, 0.29) is 35.6 Å². The summed E-state index contributed by atoms with van der Waals surface area (Å²) in [6, 6.07) is -0.663. The van der Waals surface area contributed by atoms with Crippen molar-refractivity contribution in [3.05, 3.63) is 0 Å². The molecule has 1 saturated heterocycles. The molecule has 6 nitrogen and oxygen atoms in total. The number of fused-ring (bicyclic) bond motifs is 1. The predicted molar refractivity (Wildman–Crippen MR) is 64.1 cm³/mol. The zero-order valence-corrected chi connectivity index (χ0v) is 10.9. The molecule has 0 bridgehead atoms. The Morgan fingerprint density at radius 2 is 1.89 bits per heavy atom. The molecule has 18 heavy (non-hydrogen) atoms. The molecule has 0 radical (unpaired) electrons. The molecule has 0 spiro atoms. The molecule has 2 fully saturated rings. The number of piperidine rings is 1. The van der Waals surface area contributed by atoms with Gasteiger partial charge >= 0.3 is 0 Å². The number of imide groups is 1. The van der Waals surface area contributed by atoms with Gasteiger partial charge in [-0.05, 0) is 12.0 Å². The van der Waals surface area contributed by atoms with Crippen molar-refractivity contribution < 1.29 is 14.4 Å². The van der Waals surface area contributed by atoms with Gasteiger partial charge in [-0.15, -0.1) is 0 Å². The molecule has 2 aliphatic rings. The fraction of sp³-hybridized carbons (Fsp3) is 0.750. The molecule has 0 aromatic carbocycles. The highest BCUT2D eigenvalue weighted by atomic mass is 16.2. The Bertz CT molecular complexity index is 395. The van der Waals surface area contributed by atoms with E-state index in [4.69, 9.17) is 5.73 Å². The fourth-order valence-electron chi connectivity index (χ4n) is 2.87. The topological polar surface area (TPSA) is 92.5 Å². The van der Waals surface area contributed by atoms with Crippen molar-refractivity contribution in [3.63, 3.8) is 0 Å². The number of amides is 3. The molecule has 3 atom stereocenters. The summed E-state index contributed by atoms with van der Waals surface area (Å²) >= 11 is 0. The summed E-state index contributed by atoms with van der Waals surface area (Å²) in [5, 5.41) is 2.88. The second kappa shape index (κ2) is 4.05. The molecule has 1 heterocycles. The van der Waals surface area contributed by atoms with Crippen LogP contribution in [-0.2, 0) is 14.4 Å². The van der Waals surface area contributed by atoms with E-state index in [0.29, 0.717) is 6.54 Å². The summed E-state index contributed by atoms with van der Waals surface area (Å²) in [4.78, 5) is 36.5. The van der Waals surface area contributed by atoms with E-state index >= 15 is 0 Å². The van der Waals surface area contributed by atoms with Gasteiger partial charge in [0.1, 0.15) is 6.04 Å². The van der Waals surface area contributed by atoms with E-state index in [2.05, 4.69) is 5.32 Å². The highest BCUT2D eigenvalue weighted by molar-refractivity contribution is 6.10. The van der Waals surface area contributed by atoms with Crippen LogP contribution in [0.1, 0.15) is 20.8 Å². The molecule has 0 aromatic heterocycles. The maximum Gasteiger partial charge on any atom is 0.236 e. The van der Waals surface area contributed by atoms with Crippen LogP contribution in [0.25, 0.3) is 0 Å². The van der Waals surface area contributed by atoms with E-state index in [1.807, 2.05) is 20.8 Å². The van der Waals surface area contributed by atoms with Crippen molar-refractivity contribution in [2.24, 2.45) is 23.0 Å². The van der Waals surface area contributed by atoms with Gasteiger partial charge < -0.3 is 11.1 Å². The van der Waals surface area contributed by atoms with Crippen LogP contribution in [0.5, 0.6) is 0 Å². The Labute approximate surface area is 106 Å². The Morgan fingerprint density at radius 3 is 2.28 bits per heavy atom. The first kappa shape index (κ1) is 13.0. The van der Waals surface area contributed by atoms with Crippen LogP contribution in [0.2, 0.25) is 0 Å². The van der Waals surface area contributed by atoms with Gasteiger partial charge in [0.05, 0.1) is 18.4 Å². The number of nitrogens with two attached hydrogens (primary N) is 1. The van der Waals surface area contributed by atoms with Crippen LogP contribution < -0.4 is 11.1 Å². The molecule has 3 N–H and O–H groups in total. The van der Waals surface area contributed by atoms with Gasteiger partial charge in [0.2, 0.25) is 17.7 Å². The van der Waals surface area contributed by atoms with Crippen molar-refractivity contribution in [1.82, 2.24) is 10.2 Å². The standard InChI is InChI=1S/C12H19N3O3/c1-4-14-6(9(13)16)5-15-10(17)7-8(11(15)18)12(7,2)3/h6-8,14H,4-5H2,1-3H3,(H2,13,16). The molecule has 3 amide bonds. The average molecular weight is 253 g/mol. The number of rotatable bonds is 5. The number of nitrogens with one attached hydrogen (secondary N) is 1. The normalized spacial score (nSPS) is 30.3. The minimum absolute atomic E-state index is 0.0456. The summed E-state index contributed by atoms with van der Waals surface area (Å²) in [5.74, 6) is -1.30. The van der Waals surface area contributed by atoms with Crippen molar-refractivity contribution in [2.45, 2.75) is 26.8 Å². The summed E-state index contributed by atoms with van der Waals surface area (Å²) in [7, 11) is 0. The summed E-state index contributed by atoms with van der Waals surface area (Å²) in [5.41, 5.74) is 5.02. The highest BCUT2D eigenvalue weighted by Gasteiger charge is 2.72. The van der Waals surface area contributed by atoms with Crippen molar-refractivity contribution in [2.75, 3.05) is 13.1 Å². The van der Waals surface area contributed by atoms with Crippen LogP contribution in [-0.4, -0.2) is 41.8 Å². The Morgan fingerprint density at radius 1 is 1.39 bits per heavy atom. The summed E-state index contributed by atoms with van der Waals surface area (Å²) in [6.45, 7) is 6.28. The van der Waals surface area contributed by atoms with Gasteiger partial charge in [-0.2, -0.15) is 0 Å². The molecular weight excluding hydrogens is 234 g/mol. The second-order valence-corrected chi connectivity index (χ2v) is 5.58. The highest BCUT2D eigenvalue weighted by Crippen LogP contribution is 2.63. The van der Waals surface area contributed by atoms with Crippen LogP contribution >= 0.6 is 0 Å². The fourth-order valence-corrected chi connectivity index (χ4v) is 2.87. The van der Waals surface area contributed by atoms with Gasteiger partial charge in [0.15, 0.2) is 0 Å². The molecular formula is C12H19N3O3. The van der Waals surface area contributed by atoms with Crippen molar-refractivity contribution in [3.8, 4) is 0 Å². The average Bonchev–Trinajstić information content (AvgIpc) is 2.74. The number of carbonyl (C=O) groups excluding carboxylic acids is 3. The van der Waals surface area contributed by atoms with E-state index in [0.717, 1.165) is 0 Å². The first-order valence-electron chi connectivity index (χ1n) is 6.20. The van der Waals surface area contributed by atoms with Crippen molar-refractivity contribution in [1.29, 1.82) is 0 Å². The maximum absolute atomic E-state index is 12.1. The lowest BCUT2D eigenvalue weighted by molar-refractivity contribution is -0.143. The van der Waals surface area contributed by atoms with E-state index < -0.39 is 11.9 Å². The second-order valence-electron chi connectivity index (χ2n) is 5.58. The maximum atomic E-state index is 12.1. The third-order valence-corrected chi connectivity index (χ3v) is 4.05. The number of hydrogen-bond donors (Lipinski definition) is 2. The lowest BCUT2D eigenvalue weighted by Crippen LogP contribution is -2.51. The molecule has 6 heteroatoms. The van der Waals surface area contributed by atoms with Crippen molar-refractivity contribution >= 4 is 17.7 Å². The number of likely N-dealkylation sites (N-methyl/N-ethyl adjacent to an activating group) is 1. The largest absolute Gasteiger partial charge is 0.368 e. The monoisotopic (exact) mass is 253 g/mol. The van der Waals surface area contributed by atoms with Crippen LogP contribution in [0.4, 0.5) is 0 Å². The lowest BCUT2D eigenvalue weighted by atomic mass is 10.1. The van der Waals surface area contributed by atoms with E-state index in [9.17, 15) is 14.4 Å². The third-order valence-electron chi connectivity index (χ3n) is 4.05. The first-order chi connectivity index (χ1) is 8.32. The van der Waals surface area contributed by atoms with Gasteiger partial charge in [0.25, 0.3) is 0 Å². The molecule has 1 saturated carbocycles. The molecule has 2 rings (SSSR count). The lowest BCUT2D eigenvalue weighted by Gasteiger charge is -2.24. The SMILES string of the molecule is CCNC(CN1C(=O)C2C(C1=O)C2(C)C)C(N)=O. The zero-order chi connectivity index (χ0) is 13.7. The number of nitrogens with zero attached hydrogens (tertiary/aromatic N) is 1. The molecule has 1 aliphatic heterocycles. The summed E-state index contributed by atoms with van der Waals surface area (Å²) < 4.78 is 0. The van der Waals surface area contributed by atoms with Gasteiger partial charge in [0, 0.05) is 0 Å². The zero-order valence-electron chi connectivity index (χ0n) is 10.9. The Hall–Kier alpha value is -1.43. The first-order valence-corrected chi connectivity index (χ1v) is 6.20. The minimum Gasteiger partial charge on any atom is -0.368 e. The summed E-state index contributed by atoms with van der Waals surface area (Å²) in [6.07, 6.45) is 0. The third kappa shape index (κ3) is 1.71. The molecule has 0 aromatic rings. The Balaban J connectivity index is 2.06. The van der Waals surface area contributed by atoms with E-state index in [1.165, 1.54) is 4.90 Å².